The van der Waals surface area contributed by atoms with Crippen LogP contribution in [0.2, 0.25) is 0 Å². The van der Waals surface area contributed by atoms with Crippen LogP contribution in [0.5, 0.6) is 5.75 Å². The molecule has 1 aliphatic heterocycles. The molecule has 0 saturated carbocycles. The maximum Gasteiger partial charge on any atom is 0.315 e. The number of nitrogens with zero attached hydrogens (tertiary/aromatic N) is 6. The van der Waals surface area contributed by atoms with Crippen LogP contribution in [0.3, 0.4) is 0 Å². The molecule has 220 valence electrons. The minimum atomic E-state index is -0.410. The SMILES string of the molecule is COc1cc(Nc2cc(-c3ccc([C@@H](C)NC(=O)c4nc(C(C)(C)C)no4)c(C)c3)ncn2)ncc1N1CCNCC1. The smallest absolute Gasteiger partial charge is 0.315 e. The minimum Gasteiger partial charge on any atom is -0.494 e. The zero-order valence-corrected chi connectivity index (χ0v) is 24.9. The number of carbonyl (C=O) groups excluding carboxylic acids is 1. The quantitative estimate of drug-likeness (QED) is 0.280. The van der Waals surface area contributed by atoms with E-state index in [4.69, 9.17) is 9.26 Å². The van der Waals surface area contributed by atoms with Crippen LogP contribution in [0.15, 0.2) is 47.4 Å². The van der Waals surface area contributed by atoms with Gasteiger partial charge in [-0.3, -0.25) is 4.79 Å². The lowest BCUT2D eigenvalue weighted by Crippen LogP contribution is -2.43. The lowest BCUT2D eigenvalue weighted by Gasteiger charge is -2.30. The Balaban J connectivity index is 1.28. The first kappa shape index (κ1) is 28.9. The van der Waals surface area contributed by atoms with E-state index in [0.29, 0.717) is 17.5 Å². The highest BCUT2D eigenvalue weighted by Crippen LogP contribution is 2.31. The number of aromatic nitrogens is 5. The fourth-order valence-corrected chi connectivity index (χ4v) is 4.80. The zero-order chi connectivity index (χ0) is 29.9. The summed E-state index contributed by atoms with van der Waals surface area (Å²) in [6, 6.07) is 9.49. The second kappa shape index (κ2) is 12.1. The highest BCUT2D eigenvalue weighted by molar-refractivity contribution is 5.89. The molecule has 3 aromatic heterocycles. The topological polar surface area (TPSA) is 143 Å². The fourth-order valence-electron chi connectivity index (χ4n) is 4.80. The first-order valence-corrected chi connectivity index (χ1v) is 14.0. The van der Waals surface area contributed by atoms with Crippen molar-refractivity contribution in [1.29, 1.82) is 0 Å². The maximum absolute atomic E-state index is 12.7. The third-order valence-corrected chi connectivity index (χ3v) is 7.12. The van der Waals surface area contributed by atoms with Crippen LogP contribution in [-0.4, -0.2) is 64.3 Å². The first-order valence-electron chi connectivity index (χ1n) is 14.0. The number of benzene rings is 1. The number of piperazine rings is 1. The first-order chi connectivity index (χ1) is 20.1. The number of hydrogen-bond donors (Lipinski definition) is 3. The molecule has 0 aliphatic carbocycles. The number of anilines is 3. The van der Waals surface area contributed by atoms with Crippen molar-refractivity contribution in [3.8, 4) is 17.0 Å². The Labute approximate surface area is 245 Å². The third-order valence-electron chi connectivity index (χ3n) is 7.12. The van der Waals surface area contributed by atoms with Crippen molar-refractivity contribution in [1.82, 2.24) is 35.7 Å². The zero-order valence-electron chi connectivity index (χ0n) is 24.9. The number of methoxy groups -OCH3 is 1. The number of pyridine rings is 1. The summed E-state index contributed by atoms with van der Waals surface area (Å²) < 4.78 is 10.9. The molecule has 0 radical (unpaired) electrons. The summed E-state index contributed by atoms with van der Waals surface area (Å²) in [7, 11) is 1.67. The Bertz CT molecular complexity index is 1560. The van der Waals surface area contributed by atoms with E-state index in [1.165, 1.54) is 6.33 Å². The second-order valence-corrected chi connectivity index (χ2v) is 11.3. The monoisotopic (exact) mass is 571 g/mol. The van der Waals surface area contributed by atoms with Gasteiger partial charge in [-0.25, -0.2) is 15.0 Å². The number of rotatable bonds is 8. The molecule has 5 rings (SSSR count). The van der Waals surface area contributed by atoms with Gasteiger partial charge >= 0.3 is 11.8 Å². The summed E-state index contributed by atoms with van der Waals surface area (Å²) in [5.74, 6) is 2.02. The molecule has 12 heteroatoms. The molecule has 0 bridgehead atoms. The number of amides is 1. The average Bonchev–Trinajstić information content (AvgIpc) is 3.49. The van der Waals surface area contributed by atoms with Crippen molar-refractivity contribution in [2.24, 2.45) is 0 Å². The maximum atomic E-state index is 12.7. The van der Waals surface area contributed by atoms with Crippen molar-refractivity contribution in [3.63, 3.8) is 0 Å². The summed E-state index contributed by atoms with van der Waals surface area (Å²) in [6.45, 7) is 13.5. The molecular formula is C30H37N9O3. The number of hydrogen-bond acceptors (Lipinski definition) is 11. The number of ether oxygens (including phenoxy) is 1. The molecule has 42 heavy (non-hydrogen) atoms. The molecule has 12 nitrogen and oxygen atoms in total. The lowest BCUT2D eigenvalue weighted by molar-refractivity contribution is 0.0895. The Morgan fingerprint density at radius 3 is 2.55 bits per heavy atom. The van der Waals surface area contributed by atoms with E-state index in [9.17, 15) is 4.79 Å². The van der Waals surface area contributed by atoms with Gasteiger partial charge in [0, 0.05) is 49.3 Å². The number of nitrogens with one attached hydrogen (secondary N) is 3. The summed E-state index contributed by atoms with van der Waals surface area (Å²) >= 11 is 0. The Morgan fingerprint density at radius 2 is 1.86 bits per heavy atom. The average molecular weight is 572 g/mol. The minimum absolute atomic E-state index is 0.0485. The summed E-state index contributed by atoms with van der Waals surface area (Å²) in [6.07, 6.45) is 3.35. The van der Waals surface area contributed by atoms with Gasteiger partial charge in [-0.15, -0.1) is 0 Å². The molecule has 1 amide bonds. The van der Waals surface area contributed by atoms with Crippen LogP contribution < -0.4 is 25.6 Å². The van der Waals surface area contributed by atoms with Crippen molar-refractivity contribution >= 4 is 23.2 Å². The largest absolute Gasteiger partial charge is 0.494 e. The highest BCUT2D eigenvalue weighted by Gasteiger charge is 2.25. The number of carbonyl (C=O) groups is 1. The van der Waals surface area contributed by atoms with E-state index in [1.54, 1.807) is 7.11 Å². The van der Waals surface area contributed by atoms with Crippen molar-refractivity contribution in [2.45, 2.75) is 46.1 Å². The van der Waals surface area contributed by atoms with Crippen LogP contribution in [-0.2, 0) is 5.41 Å². The Kier molecular flexibility index (Phi) is 8.34. The van der Waals surface area contributed by atoms with Crippen molar-refractivity contribution in [3.05, 3.63) is 65.7 Å². The van der Waals surface area contributed by atoms with Gasteiger partial charge in [0.1, 0.15) is 23.7 Å². The van der Waals surface area contributed by atoms with Gasteiger partial charge in [0.25, 0.3) is 0 Å². The Hall–Kier alpha value is -4.58. The van der Waals surface area contributed by atoms with E-state index in [1.807, 2.05) is 71.1 Å². The molecule has 0 unspecified atom stereocenters. The van der Waals surface area contributed by atoms with Gasteiger partial charge in [-0.05, 0) is 31.0 Å². The van der Waals surface area contributed by atoms with Gasteiger partial charge in [-0.2, -0.15) is 4.98 Å². The summed E-state index contributed by atoms with van der Waals surface area (Å²) in [4.78, 5) is 32.7. The molecule has 1 saturated heterocycles. The van der Waals surface area contributed by atoms with Crippen LogP contribution in [0.1, 0.15) is 61.4 Å². The summed E-state index contributed by atoms with van der Waals surface area (Å²) in [5.41, 5.74) is 4.31. The van der Waals surface area contributed by atoms with Gasteiger partial charge in [-0.1, -0.05) is 38.1 Å². The van der Waals surface area contributed by atoms with Crippen LogP contribution >= 0.6 is 0 Å². The predicted molar refractivity (Wildman–Crippen MR) is 160 cm³/mol. The van der Waals surface area contributed by atoms with Gasteiger partial charge in [0.05, 0.1) is 30.7 Å². The summed E-state index contributed by atoms with van der Waals surface area (Å²) in [5, 5.41) is 13.5. The molecule has 0 spiro atoms. The molecular weight excluding hydrogens is 534 g/mol. The normalized spacial score (nSPS) is 14.4. The van der Waals surface area contributed by atoms with E-state index in [2.05, 4.69) is 45.9 Å². The second-order valence-electron chi connectivity index (χ2n) is 11.3. The molecule has 1 atom stereocenters. The van der Waals surface area contributed by atoms with E-state index in [0.717, 1.165) is 60.0 Å². The van der Waals surface area contributed by atoms with Crippen LogP contribution in [0, 0.1) is 6.92 Å². The van der Waals surface area contributed by atoms with E-state index < -0.39 is 5.91 Å². The molecule has 1 fully saturated rings. The molecule has 4 aromatic rings. The van der Waals surface area contributed by atoms with Gasteiger partial charge in [0.15, 0.2) is 5.82 Å². The third kappa shape index (κ3) is 6.49. The highest BCUT2D eigenvalue weighted by atomic mass is 16.5. The lowest BCUT2D eigenvalue weighted by atomic mass is 9.96. The molecule has 3 N–H and O–H groups in total. The van der Waals surface area contributed by atoms with Gasteiger partial charge in [0.2, 0.25) is 0 Å². The van der Waals surface area contributed by atoms with Crippen LogP contribution in [0.25, 0.3) is 11.3 Å². The van der Waals surface area contributed by atoms with E-state index >= 15 is 0 Å². The number of aryl methyl sites for hydroxylation is 1. The molecule has 1 aromatic carbocycles. The van der Waals surface area contributed by atoms with Crippen molar-refractivity contribution < 1.29 is 14.1 Å². The standard InChI is InChI=1S/C30H37N9O3/c1-18-13-20(7-8-21(18)19(2)35-27(40)28-37-29(38-42-28)30(3,4)5)22-14-25(34-17-33-22)36-26-15-24(41-6)23(16-32-26)39-11-9-31-10-12-39/h7-8,13-17,19,31H,9-12H2,1-6H3,(H,35,40)(H,32,33,34,36)/t19-/m1/s1. The van der Waals surface area contributed by atoms with E-state index in [-0.39, 0.29) is 17.3 Å². The fraction of sp³-hybridized carbons (Fsp3) is 0.400. The van der Waals surface area contributed by atoms with Gasteiger partial charge < -0.3 is 30.1 Å². The molecule has 4 heterocycles. The van der Waals surface area contributed by atoms with Crippen LogP contribution in [0.4, 0.5) is 17.3 Å². The van der Waals surface area contributed by atoms with Crippen molar-refractivity contribution in [2.75, 3.05) is 43.5 Å². The predicted octanol–water partition coefficient (Wildman–Crippen LogP) is 4.18. The molecule has 1 aliphatic rings. The Morgan fingerprint density at radius 1 is 1.10 bits per heavy atom.